The molecule has 3 rings (SSSR count). The highest BCUT2D eigenvalue weighted by molar-refractivity contribution is 6.36. The number of fused-ring (bicyclic) bond motifs is 1. The Hall–Kier alpha value is -1.51. The Kier molecular flexibility index (Phi) is 3.68. The molecule has 0 saturated carbocycles. The van der Waals surface area contributed by atoms with Gasteiger partial charge < -0.3 is 4.74 Å². The number of methoxy groups -OCH3 is 1. The maximum atomic E-state index is 6.29. The van der Waals surface area contributed by atoms with E-state index < -0.39 is 0 Å². The number of halogens is 2. The van der Waals surface area contributed by atoms with Crippen LogP contribution in [0.25, 0.3) is 0 Å². The van der Waals surface area contributed by atoms with Gasteiger partial charge in [-0.25, -0.2) is 0 Å². The quantitative estimate of drug-likeness (QED) is 0.753. The summed E-state index contributed by atoms with van der Waals surface area (Å²) in [5.74, 6) is 0.886. The van der Waals surface area contributed by atoms with Crippen LogP contribution in [0.3, 0.4) is 0 Å². The van der Waals surface area contributed by atoms with Crippen LogP contribution in [-0.4, -0.2) is 24.4 Å². The second-order valence-electron chi connectivity index (χ2n) is 4.70. The van der Waals surface area contributed by atoms with Crippen molar-refractivity contribution in [1.82, 2.24) is 0 Å². The summed E-state index contributed by atoms with van der Waals surface area (Å²) in [6.07, 6.45) is 3.05. The molecule has 0 aromatic heterocycles. The van der Waals surface area contributed by atoms with Gasteiger partial charge in [0.1, 0.15) is 10.8 Å². The Balaban J connectivity index is 2.10. The van der Waals surface area contributed by atoms with Gasteiger partial charge in [0.25, 0.3) is 0 Å². The molecule has 0 saturated heterocycles. The van der Waals surface area contributed by atoms with Crippen LogP contribution in [0.1, 0.15) is 11.1 Å². The van der Waals surface area contributed by atoms with Crippen LogP contribution < -0.4 is 4.74 Å². The summed E-state index contributed by atoms with van der Waals surface area (Å²) in [5, 5.41) is 1.31. The van der Waals surface area contributed by atoms with Crippen LogP contribution in [0.4, 0.5) is 5.69 Å². The molecule has 102 valence electrons. The number of hydrogen-bond donors (Lipinski definition) is 0. The molecule has 0 radical (unpaired) electrons. The highest BCUT2D eigenvalue weighted by Crippen LogP contribution is 2.30. The molecule has 0 amide bonds. The van der Waals surface area contributed by atoms with E-state index in [-0.39, 0.29) is 0 Å². The van der Waals surface area contributed by atoms with Crippen LogP contribution in [0.5, 0.6) is 5.75 Å². The van der Waals surface area contributed by atoms with E-state index in [4.69, 9.17) is 27.9 Å². The van der Waals surface area contributed by atoms with Crippen LogP contribution in [0.2, 0.25) is 10.0 Å². The van der Waals surface area contributed by atoms with Crippen LogP contribution in [0, 0.1) is 0 Å². The van der Waals surface area contributed by atoms with Gasteiger partial charge in [0.05, 0.1) is 12.7 Å². The molecule has 0 N–H and O–H groups in total. The van der Waals surface area contributed by atoms with E-state index in [1.807, 2.05) is 24.3 Å². The van der Waals surface area contributed by atoms with E-state index >= 15 is 0 Å². The molecule has 4 heteroatoms. The zero-order chi connectivity index (χ0) is 14.1. The summed E-state index contributed by atoms with van der Waals surface area (Å²) < 4.78 is 7.58. The molecule has 1 aliphatic rings. The third-order valence-electron chi connectivity index (χ3n) is 3.50. The summed E-state index contributed by atoms with van der Waals surface area (Å²) in [5.41, 5.74) is 3.38. The molecule has 0 aliphatic carbocycles. The molecule has 2 aromatic rings. The Bertz CT molecular complexity index is 695. The van der Waals surface area contributed by atoms with Gasteiger partial charge in [-0.3, -0.25) is 0 Å². The van der Waals surface area contributed by atoms with Crippen molar-refractivity contribution < 1.29 is 9.31 Å². The average molecular weight is 307 g/mol. The molecule has 0 atom stereocenters. The molecule has 1 heterocycles. The molecule has 0 spiro atoms. The highest BCUT2D eigenvalue weighted by Gasteiger charge is 2.22. The largest absolute Gasteiger partial charge is 0.496 e. The van der Waals surface area contributed by atoms with Gasteiger partial charge in [-0.2, -0.15) is 4.58 Å². The maximum Gasteiger partial charge on any atom is 0.224 e. The lowest BCUT2D eigenvalue weighted by Gasteiger charge is -2.15. The molecular weight excluding hydrogens is 293 g/mol. The summed E-state index contributed by atoms with van der Waals surface area (Å²) >= 11 is 12.2. The minimum absolute atomic E-state index is 0.647. The molecule has 1 aliphatic heterocycles. The molecule has 2 aromatic carbocycles. The summed E-state index contributed by atoms with van der Waals surface area (Å²) in [6, 6.07) is 11.7. The Labute approximate surface area is 128 Å². The second-order valence-corrected chi connectivity index (χ2v) is 5.54. The maximum absolute atomic E-state index is 6.29. The summed E-state index contributed by atoms with van der Waals surface area (Å²) in [4.78, 5) is 0. The Morgan fingerprint density at radius 1 is 1.15 bits per heavy atom. The first kappa shape index (κ1) is 13.5. The van der Waals surface area contributed by atoms with Crippen LogP contribution >= 0.6 is 23.2 Å². The molecule has 0 bridgehead atoms. The normalized spacial score (nSPS) is 13.7. The van der Waals surface area contributed by atoms with Gasteiger partial charge >= 0.3 is 0 Å². The zero-order valence-corrected chi connectivity index (χ0v) is 12.6. The lowest BCUT2D eigenvalue weighted by Crippen LogP contribution is -2.19. The summed E-state index contributed by atoms with van der Waals surface area (Å²) in [7, 11) is 1.69. The van der Waals surface area contributed by atoms with Gasteiger partial charge in [-0.05, 0) is 23.8 Å². The van der Waals surface area contributed by atoms with E-state index in [2.05, 4.69) is 16.9 Å². The number of hydrogen-bond acceptors (Lipinski definition) is 1. The summed E-state index contributed by atoms with van der Waals surface area (Å²) in [6.45, 7) is 0.890. The highest BCUT2D eigenvalue weighted by atomic mass is 35.5. The minimum atomic E-state index is 0.647. The predicted molar refractivity (Wildman–Crippen MR) is 83.1 cm³/mol. The molecular formula is C16H14Cl2NO+. The Morgan fingerprint density at radius 3 is 2.75 bits per heavy atom. The SMILES string of the molecule is COc1cccc2c1C=[N+](c1ccc(Cl)cc1Cl)CC2. The van der Waals surface area contributed by atoms with E-state index in [1.54, 1.807) is 13.2 Å². The predicted octanol–water partition coefficient (Wildman–Crippen LogP) is 4.32. The monoisotopic (exact) mass is 306 g/mol. The first-order chi connectivity index (χ1) is 9.69. The zero-order valence-electron chi connectivity index (χ0n) is 11.1. The van der Waals surface area contributed by atoms with Crippen LogP contribution in [-0.2, 0) is 6.42 Å². The smallest absolute Gasteiger partial charge is 0.224 e. The fourth-order valence-electron chi connectivity index (χ4n) is 2.50. The van der Waals surface area contributed by atoms with Gasteiger partial charge in [-0.15, -0.1) is 0 Å². The van der Waals surface area contributed by atoms with Crippen molar-refractivity contribution in [2.24, 2.45) is 0 Å². The number of benzene rings is 2. The third-order valence-corrected chi connectivity index (χ3v) is 4.04. The lowest BCUT2D eigenvalue weighted by molar-refractivity contribution is -0.436. The second kappa shape index (κ2) is 5.47. The number of rotatable bonds is 2. The fraction of sp³-hybridized carbons (Fsp3) is 0.188. The topological polar surface area (TPSA) is 12.2 Å². The van der Waals surface area contributed by atoms with Crippen molar-refractivity contribution in [3.63, 3.8) is 0 Å². The number of nitrogens with zero attached hydrogens (tertiary/aromatic N) is 1. The Morgan fingerprint density at radius 2 is 2.00 bits per heavy atom. The lowest BCUT2D eigenvalue weighted by atomic mass is 10.0. The van der Waals surface area contributed by atoms with Gasteiger partial charge in [-0.1, -0.05) is 35.3 Å². The van der Waals surface area contributed by atoms with E-state index in [1.165, 1.54) is 5.56 Å². The molecule has 20 heavy (non-hydrogen) atoms. The van der Waals surface area contributed by atoms with Gasteiger partial charge in [0.15, 0.2) is 12.8 Å². The van der Waals surface area contributed by atoms with Crippen molar-refractivity contribution in [1.29, 1.82) is 0 Å². The van der Waals surface area contributed by atoms with Crippen molar-refractivity contribution in [2.75, 3.05) is 13.7 Å². The van der Waals surface area contributed by atoms with Crippen molar-refractivity contribution in [2.45, 2.75) is 6.42 Å². The standard InChI is InChI=1S/C16H14Cl2NO/c1-20-16-4-2-3-11-7-8-19(10-13(11)16)15-6-5-12(17)9-14(15)18/h2-6,9-10H,7-8H2,1H3/q+1. The third kappa shape index (κ3) is 2.41. The fourth-order valence-corrected chi connectivity index (χ4v) is 3.01. The average Bonchev–Trinajstić information content (AvgIpc) is 2.46. The van der Waals surface area contributed by atoms with E-state index in [9.17, 15) is 0 Å². The molecule has 0 unspecified atom stereocenters. The molecule has 0 fully saturated rings. The first-order valence-corrected chi connectivity index (χ1v) is 7.17. The first-order valence-electron chi connectivity index (χ1n) is 6.41. The van der Waals surface area contributed by atoms with Crippen molar-refractivity contribution in [3.8, 4) is 5.75 Å². The van der Waals surface area contributed by atoms with Crippen molar-refractivity contribution >= 4 is 35.1 Å². The van der Waals surface area contributed by atoms with Gasteiger partial charge in [0.2, 0.25) is 5.69 Å². The van der Waals surface area contributed by atoms with E-state index in [0.717, 1.165) is 30.0 Å². The van der Waals surface area contributed by atoms with E-state index in [0.29, 0.717) is 10.0 Å². The van der Waals surface area contributed by atoms with Crippen molar-refractivity contribution in [3.05, 3.63) is 57.6 Å². The number of ether oxygens (including phenoxy) is 1. The van der Waals surface area contributed by atoms with Gasteiger partial charge in [0, 0.05) is 17.5 Å². The van der Waals surface area contributed by atoms with Crippen LogP contribution in [0.15, 0.2) is 36.4 Å². The molecule has 2 nitrogen and oxygen atoms in total. The minimum Gasteiger partial charge on any atom is -0.496 e.